The molecule has 2 aromatic rings. The van der Waals surface area contributed by atoms with E-state index in [1.807, 2.05) is 43.7 Å². The molecule has 2 rings (SSSR count). The minimum absolute atomic E-state index is 0.108. The third-order valence-electron chi connectivity index (χ3n) is 4.62. The first-order valence-electron chi connectivity index (χ1n) is 8.53. The topological polar surface area (TPSA) is 92.1 Å². The van der Waals surface area contributed by atoms with E-state index in [1.165, 1.54) is 0 Å². The van der Waals surface area contributed by atoms with Gasteiger partial charge in [-0.2, -0.15) is 0 Å². The lowest BCUT2D eigenvalue weighted by Crippen LogP contribution is -2.47. The predicted molar refractivity (Wildman–Crippen MR) is 96.4 cm³/mol. The Morgan fingerprint density at radius 2 is 2.12 bits per heavy atom. The van der Waals surface area contributed by atoms with Crippen molar-refractivity contribution in [1.29, 1.82) is 0 Å². The number of nitrogens with one attached hydrogen (secondary N) is 2. The molecule has 2 unspecified atom stereocenters. The molecule has 0 fully saturated rings. The van der Waals surface area contributed by atoms with Gasteiger partial charge in [0.2, 0.25) is 0 Å². The van der Waals surface area contributed by atoms with Crippen LogP contribution in [0.5, 0.6) is 0 Å². The molecule has 2 amide bonds. The van der Waals surface area contributed by atoms with Crippen LogP contribution in [-0.4, -0.2) is 37.8 Å². The standard InChI is InChI=1S/C18H27N5O2/c1-5-13(2)18(4,25)12-22-17(24)21-11-15-6-7-16(20-10-15)23-9-8-19-14(23)3/h6-10,13,25H,5,11-12H2,1-4H3,(H2,21,22,24). The lowest BCUT2D eigenvalue weighted by atomic mass is 9.89. The fourth-order valence-electron chi connectivity index (χ4n) is 2.40. The van der Waals surface area contributed by atoms with Gasteiger partial charge in [0, 0.05) is 31.7 Å². The Morgan fingerprint density at radius 1 is 1.36 bits per heavy atom. The Hall–Kier alpha value is -2.41. The van der Waals surface area contributed by atoms with Crippen molar-refractivity contribution in [2.75, 3.05) is 6.54 Å². The van der Waals surface area contributed by atoms with Crippen LogP contribution in [-0.2, 0) is 6.54 Å². The molecule has 25 heavy (non-hydrogen) atoms. The maximum absolute atomic E-state index is 11.9. The van der Waals surface area contributed by atoms with Crippen LogP contribution in [0.3, 0.4) is 0 Å². The second-order valence-corrected chi connectivity index (χ2v) is 6.57. The van der Waals surface area contributed by atoms with E-state index in [9.17, 15) is 9.90 Å². The van der Waals surface area contributed by atoms with Gasteiger partial charge in [-0.25, -0.2) is 14.8 Å². The molecule has 2 aromatic heterocycles. The van der Waals surface area contributed by atoms with Crippen LogP contribution in [0.1, 0.15) is 38.6 Å². The number of urea groups is 1. The molecule has 0 aliphatic carbocycles. The Morgan fingerprint density at radius 3 is 2.68 bits per heavy atom. The number of carbonyl (C=O) groups is 1. The van der Waals surface area contributed by atoms with Gasteiger partial charge in [0.25, 0.3) is 0 Å². The number of imidazole rings is 1. The Labute approximate surface area is 148 Å². The van der Waals surface area contributed by atoms with Gasteiger partial charge < -0.3 is 15.7 Å². The SMILES string of the molecule is CCC(C)C(C)(O)CNC(=O)NCc1ccc(-n2ccnc2C)nc1. The number of amides is 2. The molecule has 7 heteroatoms. The lowest BCUT2D eigenvalue weighted by molar-refractivity contribution is 0.00790. The maximum atomic E-state index is 11.9. The fraction of sp³-hybridized carbons (Fsp3) is 0.500. The number of hydrogen-bond donors (Lipinski definition) is 3. The average Bonchev–Trinajstić information content (AvgIpc) is 3.04. The van der Waals surface area contributed by atoms with Crippen molar-refractivity contribution in [3.8, 4) is 5.82 Å². The molecule has 0 spiro atoms. The predicted octanol–water partition coefficient (Wildman–Crippen LogP) is 2.17. The van der Waals surface area contributed by atoms with E-state index >= 15 is 0 Å². The smallest absolute Gasteiger partial charge is 0.315 e. The number of aromatic nitrogens is 3. The number of hydrogen-bond acceptors (Lipinski definition) is 4. The van der Waals surface area contributed by atoms with E-state index in [4.69, 9.17) is 0 Å². The summed E-state index contributed by atoms with van der Waals surface area (Å²) < 4.78 is 1.89. The largest absolute Gasteiger partial charge is 0.388 e. The minimum Gasteiger partial charge on any atom is -0.388 e. The zero-order valence-electron chi connectivity index (χ0n) is 15.3. The van der Waals surface area contributed by atoms with Crippen LogP contribution in [0.15, 0.2) is 30.7 Å². The molecular formula is C18H27N5O2. The van der Waals surface area contributed by atoms with Crippen molar-refractivity contribution in [2.45, 2.75) is 46.3 Å². The van der Waals surface area contributed by atoms with Gasteiger partial charge in [-0.3, -0.25) is 4.57 Å². The molecule has 0 saturated heterocycles. The summed E-state index contributed by atoms with van der Waals surface area (Å²) in [6.45, 7) is 8.21. The van der Waals surface area contributed by atoms with E-state index in [-0.39, 0.29) is 18.5 Å². The number of aryl methyl sites for hydroxylation is 1. The van der Waals surface area contributed by atoms with E-state index in [0.717, 1.165) is 23.6 Å². The maximum Gasteiger partial charge on any atom is 0.315 e. The van der Waals surface area contributed by atoms with Crippen LogP contribution < -0.4 is 10.6 Å². The average molecular weight is 345 g/mol. The van der Waals surface area contributed by atoms with Gasteiger partial charge in [0.1, 0.15) is 11.6 Å². The van der Waals surface area contributed by atoms with Gasteiger partial charge in [-0.05, 0) is 31.4 Å². The van der Waals surface area contributed by atoms with Crippen LogP contribution in [0, 0.1) is 12.8 Å². The van der Waals surface area contributed by atoms with Gasteiger partial charge in [0.05, 0.1) is 5.60 Å². The molecule has 136 valence electrons. The van der Waals surface area contributed by atoms with Gasteiger partial charge in [0.15, 0.2) is 0 Å². The number of pyridine rings is 1. The highest BCUT2D eigenvalue weighted by Gasteiger charge is 2.27. The second kappa shape index (κ2) is 8.11. The molecule has 7 nitrogen and oxygen atoms in total. The van der Waals surface area contributed by atoms with Gasteiger partial charge in [-0.15, -0.1) is 0 Å². The summed E-state index contributed by atoms with van der Waals surface area (Å²) in [5.41, 5.74) is -0.0249. The summed E-state index contributed by atoms with van der Waals surface area (Å²) in [7, 11) is 0. The highest BCUT2D eigenvalue weighted by molar-refractivity contribution is 5.73. The van der Waals surface area contributed by atoms with Crippen molar-refractivity contribution < 1.29 is 9.90 Å². The summed E-state index contributed by atoms with van der Waals surface area (Å²) in [6, 6.07) is 3.49. The molecule has 3 N–H and O–H groups in total. The quantitative estimate of drug-likeness (QED) is 0.717. The monoisotopic (exact) mass is 345 g/mol. The normalized spacial score (nSPS) is 14.6. The Kier molecular flexibility index (Phi) is 6.14. The lowest BCUT2D eigenvalue weighted by Gasteiger charge is -2.29. The molecule has 0 radical (unpaired) electrons. The zero-order valence-corrected chi connectivity index (χ0v) is 15.3. The van der Waals surface area contributed by atoms with Crippen LogP contribution in [0.2, 0.25) is 0 Å². The van der Waals surface area contributed by atoms with Gasteiger partial charge in [-0.1, -0.05) is 26.3 Å². The van der Waals surface area contributed by atoms with E-state index < -0.39 is 5.60 Å². The first-order chi connectivity index (χ1) is 11.8. The first-order valence-corrected chi connectivity index (χ1v) is 8.53. The van der Waals surface area contributed by atoms with Crippen molar-refractivity contribution >= 4 is 6.03 Å². The number of rotatable bonds is 7. The van der Waals surface area contributed by atoms with Crippen molar-refractivity contribution in [2.24, 2.45) is 5.92 Å². The highest BCUT2D eigenvalue weighted by atomic mass is 16.3. The minimum atomic E-state index is -0.919. The van der Waals surface area contributed by atoms with Crippen molar-refractivity contribution in [3.05, 3.63) is 42.1 Å². The van der Waals surface area contributed by atoms with Crippen LogP contribution in [0.25, 0.3) is 5.82 Å². The summed E-state index contributed by atoms with van der Waals surface area (Å²) in [6.07, 6.45) is 6.16. The third kappa shape index (κ3) is 5.03. The summed E-state index contributed by atoms with van der Waals surface area (Å²) in [4.78, 5) is 20.5. The van der Waals surface area contributed by atoms with E-state index in [0.29, 0.717) is 6.54 Å². The zero-order chi connectivity index (χ0) is 18.4. The Bertz CT molecular complexity index is 694. The second-order valence-electron chi connectivity index (χ2n) is 6.57. The molecule has 2 atom stereocenters. The molecule has 0 aliphatic heterocycles. The summed E-state index contributed by atoms with van der Waals surface area (Å²) in [5.74, 6) is 1.76. The number of aliphatic hydroxyl groups is 1. The highest BCUT2D eigenvalue weighted by Crippen LogP contribution is 2.18. The first kappa shape index (κ1) is 18.9. The van der Waals surface area contributed by atoms with Crippen LogP contribution >= 0.6 is 0 Å². The molecule has 2 heterocycles. The van der Waals surface area contributed by atoms with E-state index in [1.54, 1.807) is 19.3 Å². The number of carbonyl (C=O) groups excluding carboxylic acids is 1. The molecular weight excluding hydrogens is 318 g/mol. The van der Waals surface area contributed by atoms with E-state index in [2.05, 4.69) is 20.6 Å². The van der Waals surface area contributed by atoms with Crippen molar-refractivity contribution in [1.82, 2.24) is 25.2 Å². The third-order valence-corrected chi connectivity index (χ3v) is 4.62. The van der Waals surface area contributed by atoms with Crippen molar-refractivity contribution in [3.63, 3.8) is 0 Å². The Balaban J connectivity index is 1.83. The number of nitrogens with zero attached hydrogens (tertiary/aromatic N) is 3. The molecule has 0 aromatic carbocycles. The fourth-order valence-corrected chi connectivity index (χ4v) is 2.40. The molecule has 0 bridgehead atoms. The van der Waals surface area contributed by atoms with Crippen LogP contribution in [0.4, 0.5) is 4.79 Å². The molecule has 0 aliphatic rings. The summed E-state index contributed by atoms with van der Waals surface area (Å²) >= 11 is 0. The molecule has 0 saturated carbocycles. The summed E-state index contributed by atoms with van der Waals surface area (Å²) in [5, 5.41) is 15.8. The van der Waals surface area contributed by atoms with Gasteiger partial charge >= 0.3 is 6.03 Å².